The van der Waals surface area contributed by atoms with Crippen LogP contribution in [0.4, 0.5) is 0 Å². The summed E-state index contributed by atoms with van der Waals surface area (Å²) >= 11 is 1.77. The van der Waals surface area contributed by atoms with E-state index >= 15 is 0 Å². The van der Waals surface area contributed by atoms with Crippen molar-refractivity contribution in [3.8, 4) is 0 Å². The molecule has 2 heterocycles. The van der Waals surface area contributed by atoms with Crippen molar-refractivity contribution in [1.82, 2.24) is 9.80 Å². The van der Waals surface area contributed by atoms with Crippen molar-refractivity contribution >= 4 is 23.2 Å². The lowest BCUT2D eigenvalue weighted by molar-refractivity contribution is -0.142. The second kappa shape index (κ2) is 13.6. The Morgan fingerprint density at radius 2 is 1.85 bits per heavy atom. The van der Waals surface area contributed by atoms with E-state index in [1.165, 1.54) is 35.3 Å². The lowest BCUT2D eigenvalue weighted by atomic mass is 9.92. The smallest absolute Gasteiger partial charge is 0.242 e. The zero-order valence-electron chi connectivity index (χ0n) is 21.1. The van der Waals surface area contributed by atoms with E-state index < -0.39 is 0 Å². The Morgan fingerprint density at radius 1 is 1.09 bits per heavy atom. The summed E-state index contributed by atoms with van der Waals surface area (Å²) in [5, 5.41) is 2.12. The molecule has 34 heavy (non-hydrogen) atoms. The summed E-state index contributed by atoms with van der Waals surface area (Å²) in [6.45, 7) is 6.23. The second-order valence-electron chi connectivity index (χ2n) is 9.28. The van der Waals surface area contributed by atoms with Crippen LogP contribution in [0.5, 0.6) is 0 Å². The highest BCUT2D eigenvalue weighted by Gasteiger charge is 2.33. The summed E-state index contributed by atoms with van der Waals surface area (Å²) in [6.07, 6.45) is 7.66. The molecule has 0 aliphatic carbocycles. The number of nitrogens with zero attached hydrogens (tertiary/aromatic N) is 2. The lowest BCUT2D eigenvalue weighted by Gasteiger charge is -2.37. The Morgan fingerprint density at radius 3 is 2.59 bits per heavy atom. The van der Waals surface area contributed by atoms with Gasteiger partial charge in [-0.2, -0.15) is 0 Å². The first-order chi connectivity index (χ1) is 16.5. The third-order valence-electron chi connectivity index (χ3n) is 6.63. The first-order valence-electron chi connectivity index (χ1n) is 12.7. The Hall–Kier alpha value is -2.18. The Balaban J connectivity index is 1.72. The van der Waals surface area contributed by atoms with Crippen LogP contribution in [-0.4, -0.2) is 55.0 Å². The van der Waals surface area contributed by atoms with Crippen LogP contribution in [0.15, 0.2) is 35.7 Å². The van der Waals surface area contributed by atoms with Gasteiger partial charge in [0.05, 0.1) is 12.6 Å². The van der Waals surface area contributed by atoms with Gasteiger partial charge in [-0.25, -0.2) is 0 Å². The molecule has 6 heteroatoms. The normalized spacial score (nSPS) is 15.3. The van der Waals surface area contributed by atoms with Crippen LogP contribution in [0.1, 0.15) is 79.5 Å². The van der Waals surface area contributed by atoms with Gasteiger partial charge in [0.15, 0.2) is 0 Å². The molecule has 0 saturated heterocycles. The zero-order valence-corrected chi connectivity index (χ0v) is 21.9. The molecule has 0 bridgehead atoms. The lowest BCUT2D eigenvalue weighted by Crippen LogP contribution is -2.47. The highest BCUT2D eigenvalue weighted by molar-refractivity contribution is 7.10. The molecule has 1 aliphatic rings. The van der Waals surface area contributed by atoms with E-state index in [-0.39, 0.29) is 24.4 Å². The number of benzene rings is 1. The van der Waals surface area contributed by atoms with Crippen LogP contribution in [-0.2, 0) is 20.7 Å². The minimum Gasteiger partial charge on any atom is -0.385 e. The van der Waals surface area contributed by atoms with Crippen molar-refractivity contribution in [3.05, 3.63) is 57.3 Å². The van der Waals surface area contributed by atoms with Crippen LogP contribution in [0.3, 0.4) is 0 Å². The number of aryl methyl sites for hydroxylation is 1. The predicted octanol–water partition coefficient (Wildman–Crippen LogP) is 5.76. The molecule has 2 aromatic rings. The maximum Gasteiger partial charge on any atom is 0.242 e. The standard InChI is InChI=1S/C28H40N2O3S/c1-4-5-6-7-8-10-26(31)29(17-9-19-33-3)21-27(32)30-18-15-25-24(16-20-34-25)28(30)23-13-11-22(2)12-14-23/h11-14,16,20,28H,4-10,15,17-19,21H2,1-3H3. The molecule has 2 amide bonds. The molecule has 186 valence electrons. The van der Waals surface area contributed by atoms with Gasteiger partial charge in [0.25, 0.3) is 0 Å². The number of ether oxygens (including phenoxy) is 1. The second-order valence-corrected chi connectivity index (χ2v) is 10.3. The van der Waals surface area contributed by atoms with Gasteiger partial charge < -0.3 is 14.5 Å². The first kappa shape index (κ1) is 26.4. The summed E-state index contributed by atoms with van der Waals surface area (Å²) in [5.41, 5.74) is 3.56. The number of unbranched alkanes of at least 4 members (excludes halogenated alkanes) is 4. The number of amides is 2. The third-order valence-corrected chi connectivity index (χ3v) is 7.63. The number of carbonyl (C=O) groups excluding carboxylic acids is 2. The van der Waals surface area contributed by atoms with Crippen LogP contribution < -0.4 is 0 Å². The predicted molar refractivity (Wildman–Crippen MR) is 139 cm³/mol. The maximum atomic E-state index is 13.6. The quantitative estimate of drug-likeness (QED) is 0.340. The molecule has 1 aromatic heterocycles. The molecular weight excluding hydrogens is 444 g/mol. The van der Waals surface area contributed by atoms with Gasteiger partial charge in [-0.15, -0.1) is 11.3 Å². The van der Waals surface area contributed by atoms with E-state index in [1.54, 1.807) is 23.3 Å². The summed E-state index contributed by atoms with van der Waals surface area (Å²) in [5.74, 6) is 0.111. The van der Waals surface area contributed by atoms with E-state index in [9.17, 15) is 9.59 Å². The number of hydrogen-bond acceptors (Lipinski definition) is 4. The molecule has 5 nitrogen and oxygen atoms in total. The number of hydrogen-bond donors (Lipinski definition) is 0. The van der Waals surface area contributed by atoms with Crippen molar-refractivity contribution in [2.75, 3.05) is 33.4 Å². The SMILES string of the molecule is CCCCCCCC(=O)N(CCCOC)CC(=O)N1CCc2sccc2C1c1ccc(C)cc1. The number of rotatable bonds is 13. The van der Waals surface area contributed by atoms with Gasteiger partial charge in [0.1, 0.15) is 0 Å². The van der Waals surface area contributed by atoms with Gasteiger partial charge in [-0.05, 0) is 48.8 Å². The number of fused-ring (bicyclic) bond motifs is 1. The summed E-state index contributed by atoms with van der Waals surface area (Å²) in [4.78, 5) is 31.8. The fourth-order valence-corrected chi connectivity index (χ4v) is 5.58. The first-order valence-corrected chi connectivity index (χ1v) is 13.6. The molecule has 0 spiro atoms. The summed E-state index contributed by atoms with van der Waals surface area (Å²) in [7, 11) is 1.67. The topological polar surface area (TPSA) is 49.9 Å². The highest BCUT2D eigenvalue weighted by atomic mass is 32.1. The van der Waals surface area contributed by atoms with Crippen LogP contribution in [0.2, 0.25) is 0 Å². The van der Waals surface area contributed by atoms with Crippen LogP contribution in [0.25, 0.3) is 0 Å². The third kappa shape index (κ3) is 7.16. The van der Waals surface area contributed by atoms with E-state index in [0.717, 1.165) is 31.2 Å². The minimum atomic E-state index is -0.0897. The molecule has 1 atom stereocenters. The van der Waals surface area contributed by atoms with Crippen molar-refractivity contribution < 1.29 is 14.3 Å². The molecule has 0 radical (unpaired) electrons. The molecule has 0 N–H and O–H groups in total. The van der Waals surface area contributed by atoms with Crippen molar-refractivity contribution in [2.45, 2.75) is 71.3 Å². The van der Waals surface area contributed by atoms with E-state index in [2.05, 4.69) is 49.6 Å². The van der Waals surface area contributed by atoms with Gasteiger partial charge in [-0.3, -0.25) is 9.59 Å². The maximum absolute atomic E-state index is 13.6. The average molecular weight is 485 g/mol. The fourth-order valence-electron chi connectivity index (χ4n) is 4.68. The number of methoxy groups -OCH3 is 1. The van der Waals surface area contributed by atoms with E-state index in [4.69, 9.17) is 4.74 Å². The van der Waals surface area contributed by atoms with Crippen LogP contribution in [0, 0.1) is 6.92 Å². The molecule has 0 fully saturated rings. The largest absolute Gasteiger partial charge is 0.385 e. The number of thiophene rings is 1. The molecule has 0 saturated carbocycles. The van der Waals surface area contributed by atoms with Gasteiger partial charge in [0, 0.05) is 38.1 Å². The van der Waals surface area contributed by atoms with E-state index in [0.29, 0.717) is 26.1 Å². The fraction of sp³-hybridized carbons (Fsp3) is 0.571. The minimum absolute atomic E-state index is 0.0270. The molecule has 1 aromatic carbocycles. The van der Waals surface area contributed by atoms with Gasteiger partial charge in [0.2, 0.25) is 11.8 Å². The van der Waals surface area contributed by atoms with Crippen LogP contribution >= 0.6 is 11.3 Å². The summed E-state index contributed by atoms with van der Waals surface area (Å²) in [6, 6.07) is 10.5. The van der Waals surface area contributed by atoms with E-state index in [1.807, 2.05) is 4.90 Å². The Kier molecular flexibility index (Phi) is 10.6. The average Bonchev–Trinajstić information content (AvgIpc) is 3.32. The molecular formula is C28H40N2O3S. The Bertz CT molecular complexity index is 909. The zero-order chi connectivity index (χ0) is 24.3. The van der Waals surface area contributed by atoms with Crippen molar-refractivity contribution in [2.24, 2.45) is 0 Å². The summed E-state index contributed by atoms with van der Waals surface area (Å²) < 4.78 is 5.20. The van der Waals surface area contributed by atoms with Crippen molar-refractivity contribution in [3.63, 3.8) is 0 Å². The van der Waals surface area contributed by atoms with Crippen molar-refractivity contribution in [1.29, 1.82) is 0 Å². The highest BCUT2D eigenvalue weighted by Crippen LogP contribution is 2.38. The molecule has 1 unspecified atom stereocenters. The van der Waals surface area contributed by atoms with Gasteiger partial charge >= 0.3 is 0 Å². The molecule has 3 rings (SSSR count). The number of carbonyl (C=O) groups is 2. The monoisotopic (exact) mass is 484 g/mol. The Labute approximate surface area is 209 Å². The van der Waals surface area contributed by atoms with Gasteiger partial charge in [-0.1, -0.05) is 62.4 Å². The molecule has 1 aliphatic heterocycles.